The van der Waals surface area contributed by atoms with E-state index in [0.29, 0.717) is 10.3 Å². The van der Waals surface area contributed by atoms with E-state index in [9.17, 15) is 4.79 Å². The molecule has 0 saturated carbocycles. The van der Waals surface area contributed by atoms with Crippen LogP contribution < -0.4 is 5.32 Å². The number of aromatic nitrogens is 6. The number of benzene rings is 1. The number of nitrogens with zero attached hydrogens (tertiary/aromatic N) is 6. The standard InChI is InChI=1S/C14H15N7OS2/c1-3-11-16-17-13(24-11)15-12(22)9(2)23-14-18-19-20-21(14)10-7-5-4-6-8-10/h4-9H,3H2,1-2H3,(H,15,17,22)/t9-/m0/s1. The summed E-state index contributed by atoms with van der Waals surface area (Å²) in [6.45, 7) is 3.79. The Kier molecular flexibility index (Phi) is 5.16. The fourth-order valence-electron chi connectivity index (χ4n) is 1.85. The van der Waals surface area contributed by atoms with Crippen LogP contribution in [0.4, 0.5) is 5.13 Å². The van der Waals surface area contributed by atoms with Crippen molar-refractivity contribution in [3.05, 3.63) is 35.3 Å². The summed E-state index contributed by atoms with van der Waals surface area (Å²) in [5.74, 6) is -0.165. The summed E-state index contributed by atoms with van der Waals surface area (Å²) in [6, 6.07) is 9.53. The summed E-state index contributed by atoms with van der Waals surface area (Å²) in [5, 5.41) is 24.0. The second-order valence-electron chi connectivity index (χ2n) is 4.81. The minimum atomic E-state index is -0.382. The number of anilines is 1. The van der Waals surface area contributed by atoms with Crippen molar-refractivity contribution in [2.75, 3.05) is 5.32 Å². The van der Waals surface area contributed by atoms with Gasteiger partial charge < -0.3 is 0 Å². The number of carbonyl (C=O) groups excluding carboxylic acids is 1. The number of carbonyl (C=O) groups is 1. The van der Waals surface area contributed by atoms with Gasteiger partial charge in [0.15, 0.2) is 0 Å². The lowest BCUT2D eigenvalue weighted by Gasteiger charge is -2.09. The topological polar surface area (TPSA) is 98.5 Å². The van der Waals surface area contributed by atoms with E-state index in [1.807, 2.05) is 37.3 Å². The van der Waals surface area contributed by atoms with Gasteiger partial charge >= 0.3 is 0 Å². The van der Waals surface area contributed by atoms with Crippen LogP contribution in [0, 0.1) is 0 Å². The number of aryl methyl sites for hydroxylation is 1. The molecular formula is C14H15N7OS2. The summed E-state index contributed by atoms with van der Waals surface area (Å²) in [4.78, 5) is 12.3. The highest BCUT2D eigenvalue weighted by molar-refractivity contribution is 8.00. The summed E-state index contributed by atoms with van der Waals surface area (Å²) in [6.07, 6.45) is 0.795. The van der Waals surface area contributed by atoms with Crippen LogP contribution in [-0.2, 0) is 11.2 Å². The summed E-state index contributed by atoms with van der Waals surface area (Å²) in [7, 11) is 0. The first-order valence-electron chi connectivity index (χ1n) is 7.31. The van der Waals surface area contributed by atoms with Gasteiger partial charge in [0, 0.05) is 0 Å². The Bertz CT molecular complexity index is 817. The zero-order valence-corrected chi connectivity index (χ0v) is 14.7. The Hall–Kier alpha value is -2.33. The van der Waals surface area contributed by atoms with E-state index in [1.165, 1.54) is 23.1 Å². The van der Waals surface area contributed by atoms with Crippen molar-refractivity contribution < 1.29 is 4.79 Å². The van der Waals surface area contributed by atoms with Crippen LogP contribution >= 0.6 is 23.1 Å². The lowest BCUT2D eigenvalue weighted by atomic mass is 10.3. The van der Waals surface area contributed by atoms with Crippen molar-refractivity contribution >= 4 is 34.1 Å². The number of amides is 1. The van der Waals surface area contributed by atoms with Gasteiger partial charge in [0.2, 0.25) is 16.2 Å². The predicted molar refractivity (Wildman–Crippen MR) is 92.4 cm³/mol. The number of rotatable bonds is 6. The molecule has 3 rings (SSSR count). The van der Waals surface area contributed by atoms with Gasteiger partial charge in [-0.3, -0.25) is 10.1 Å². The molecule has 0 aliphatic heterocycles. The van der Waals surface area contributed by atoms with Gasteiger partial charge in [-0.15, -0.1) is 15.3 Å². The number of hydrogen-bond donors (Lipinski definition) is 1. The molecule has 0 bridgehead atoms. The lowest BCUT2D eigenvalue weighted by molar-refractivity contribution is -0.115. The molecule has 24 heavy (non-hydrogen) atoms. The van der Waals surface area contributed by atoms with E-state index >= 15 is 0 Å². The molecule has 0 spiro atoms. The third kappa shape index (κ3) is 3.77. The van der Waals surface area contributed by atoms with Gasteiger partial charge in [-0.05, 0) is 35.9 Å². The Morgan fingerprint density at radius 2 is 2.08 bits per heavy atom. The summed E-state index contributed by atoms with van der Waals surface area (Å²) >= 11 is 2.66. The van der Waals surface area contributed by atoms with Gasteiger partial charge in [-0.1, -0.05) is 48.2 Å². The number of tetrazole rings is 1. The molecule has 0 fully saturated rings. The molecule has 0 radical (unpaired) electrons. The average Bonchev–Trinajstić information content (AvgIpc) is 3.24. The average molecular weight is 361 g/mol. The zero-order chi connectivity index (χ0) is 16.9. The highest BCUT2D eigenvalue weighted by atomic mass is 32.2. The van der Waals surface area contributed by atoms with E-state index < -0.39 is 0 Å². The van der Waals surface area contributed by atoms with Crippen LogP contribution in [0.25, 0.3) is 5.69 Å². The third-order valence-electron chi connectivity index (χ3n) is 3.09. The second-order valence-corrected chi connectivity index (χ2v) is 7.18. The summed E-state index contributed by atoms with van der Waals surface area (Å²) < 4.78 is 1.61. The van der Waals surface area contributed by atoms with Crippen LogP contribution in [0.3, 0.4) is 0 Å². The molecule has 0 unspecified atom stereocenters. The van der Waals surface area contributed by atoms with Crippen molar-refractivity contribution in [1.29, 1.82) is 0 Å². The maximum Gasteiger partial charge on any atom is 0.239 e. The highest BCUT2D eigenvalue weighted by Gasteiger charge is 2.20. The van der Waals surface area contributed by atoms with Crippen molar-refractivity contribution in [2.45, 2.75) is 30.7 Å². The minimum Gasteiger partial charge on any atom is -0.300 e. The Labute approximate surface area is 146 Å². The molecule has 2 aromatic heterocycles. The Morgan fingerprint density at radius 1 is 1.29 bits per heavy atom. The SMILES string of the molecule is CCc1nnc(NC(=O)[C@H](C)Sc2nnnn2-c2ccccc2)s1. The minimum absolute atomic E-state index is 0.165. The molecule has 1 aromatic carbocycles. The number of hydrogen-bond acceptors (Lipinski definition) is 8. The number of nitrogens with one attached hydrogen (secondary N) is 1. The number of para-hydroxylation sites is 1. The molecule has 3 aromatic rings. The quantitative estimate of drug-likeness (QED) is 0.672. The predicted octanol–water partition coefficient (Wildman–Crippen LogP) is 2.20. The molecule has 1 amide bonds. The Morgan fingerprint density at radius 3 is 2.79 bits per heavy atom. The first-order chi connectivity index (χ1) is 11.7. The van der Waals surface area contributed by atoms with Crippen LogP contribution in [0.2, 0.25) is 0 Å². The summed E-state index contributed by atoms with van der Waals surface area (Å²) in [5.41, 5.74) is 0.842. The third-order valence-corrected chi connectivity index (χ3v) is 5.11. The van der Waals surface area contributed by atoms with Gasteiger partial charge in [0.05, 0.1) is 10.9 Å². The van der Waals surface area contributed by atoms with E-state index in [4.69, 9.17) is 0 Å². The number of thioether (sulfide) groups is 1. The molecule has 124 valence electrons. The fraction of sp³-hybridized carbons (Fsp3) is 0.286. The molecule has 0 aliphatic carbocycles. The molecule has 1 atom stereocenters. The van der Waals surface area contributed by atoms with Crippen LogP contribution in [-0.4, -0.2) is 41.6 Å². The molecule has 1 N–H and O–H groups in total. The first kappa shape index (κ1) is 16.5. The van der Waals surface area contributed by atoms with Crippen molar-refractivity contribution in [2.24, 2.45) is 0 Å². The van der Waals surface area contributed by atoms with Crippen molar-refractivity contribution in [1.82, 2.24) is 30.4 Å². The largest absolute Gasteiger partial charge is 0.300 e. The molecule has 0 aliphatic rings. The molecule has 0 saturated heterocycles. The van der Waals surface area contributed by atoms with Crippen LogP contribution in [0.5, 0.6) is 0 Å². The van der Waals surface area contributed by atoms with Crippen LogP contribution in [0.1, 0.15) is 18.9 Å². The van der Waals surface area contributed by atoms with E-state index in [-0.39, 0.29) is 11.2 Å². The normalized spacial score (nSPS) is 12.1. The van der Waals surface area contributed by atoms with E-state index in [1.54, 1.807) is 11.6 Å². The van der Waals surface area contributed by atoms with E-state index in [0.717, 1.165) is 17.1 Å². The second kappa shape index (κ2) is 7.49. The monoisotopic (exact) mass is 361 g/mol. The maximum atomic E-state index is 12.3. The Balaban J connectivity index is 1.68. The van der Waals surface area contributed by atoms with E-state index in [2.05, 4.69) is 31.0 Å². The smallest absolute Gasteiger partial charge is 0.239 e. The van der Waals surface area contributed by atoms with Gasteiger partial charge in [0.25, 0.3) is 0 Å². The van der Waals surface area contributed by atoms with Crippen LogP contribution in [0.15, 0.2) is 35.5 Å². The molecule has 10 heteroatoms. The fourth-order valence-corrected chi connectivity index (χ4v) is 3.34. The highest BCUT2D eigenvalue weighted by Crippen LogP contribution is 2.24. The molecule has 8 nitrogen and oxygen atoms in total. The first-order valence-corrected chi connectivity index (χ1v) is 9.00. The molecule has 2 heterocycles. The van der Waals surface area contributed by atoms with Gasteiger partial charge in [-0.2, -0.15) is 4.68 Å². The molecular weight excluding hydrogens is 346 g/mol. The van der Waals surface area contributed by atoms with Crippen molar-refractivity contribution in [3.8, 4) is 5.69 Å². The maximum absolute atomic E-state index is 12.3. The van der Waals surface area contributed by atoms with Crippen molar-refractivity contribution in [3.63, 3.8) is 0 Å². The lowest BCUT2D eigenvalue weighted by Crippen LogP contribution is -2.22. The van der Waals surface area contributed by atoms with Gasteiger partial charge in [-0.25, -0.2) is 0 Å². The zero-order valence-electron chi connectivity index (χ0n) is 13.1. The van der Waals surface area contributed by atoms with Gasteiger partial charge in [0.1, 0.15) is 5.01 Å².